The minimum Gasteiger partial charge on any atom is -0.463 e. The SMILES string of the molecule is CC(=O)OC[C@@H]1O[C@@H](n2nnc3c(=O)n(C)c(=O)[nH]c32)[C@@H](OC(C)=O)[C@@H](OC(C)=O)[C@H]1OC(C)=O. The van der Waals surface area contributed by atoms with Crippen LogP contribution >= 0.6 is 0 Å². The molecule has 0 bridgehead atoms. The van der Waals surface area contributed by atoms with Crippen molar-refractivity contribution in [2.75, 3.05) is 6.61 Å². The number of hydrogen-bond donors (Lipinski definition) is 1. The van der Waals surface area contributed by atoms with E-state index in [-0.39, 0.29) is 11.2 Å². The Morgan fingerprint density at radius 3 is 2.06 bits per heavy atom. The maximum absolute atomic E-state index is 12.4. The van der Waals surface area contributed by atoms with Gasteiger partial charge in [0.15, 0.2) is 35.7 Å². The molecule has 0 unspecified atom stereocenters. The summed E-state index contributed by atoms with van der Waals surface area (Å²) in [6.45, 7) is 3.92. The van der Waals surface area contributed by atoms with Crippen molar-refractivity contribution in [3.63, 3.8) is 0 Å². The lowest BCUT2D eigenvalue weighted by Gasteiger charge is -2.44. The zero-order valence-electron chi connectivity index (χ0n) is 19.4. The van der Waals surface area contributed by atoms with Gasteiger partial charge in [0.05, 0.1) is 0 Å². The van der Waals surface area contributed by atoms with Gasteiger partial charge < -0.3 is 23.7 Å². The van der Waals surface area contributed by atoms with Gasteiger partial charge in [0.2, 0.25) is 0 Å². The van der Waals surface area contributed by atoms with Crippen molar-refractivity contribution in [1.29, 1.82) is 0 Å². The Labute approximate surface area is 196 Å². The van der Waals surface area contributed by atoms with E-state index < -0.39 is 72.4 Å². The van der Waals surface area contributed by atoms with E-state index in [1.54, 1.807) is 0 Å². The summed E-state index contributed by atoms with van der Waals surface area (Å²) in [5, 5.41) is 7.63. The number of hydrogen-bond acceptors (Lipinski definition) is 13. The smallest absolute Gasteiger partial charge is 0.329 e. The van der Waals surface area contributed by atoms with E-state index in [1.807, 2.05) is 0 Å². The number of aromatic nitrogens is 5. The van der Waals surface area contributed by atoms with Gasteiger partial charge in [0, 0.05) is 34.7 Å². The van der Waals surface area contributed by atoms with Crippen molar-refractivity contribution in [3.8, 4) is 0 Å². The van der Waals surface area contributed by atoms with E-state index in [0.717, 1.165) is 36.9 Å². The summed E-state index contributed by atoms with van der Waals surface area (Å²) < 4.78 is 28.7. The third kappa shape index (κ3) is 5.37. The van der Waals surface area contributed by atoms with E-state index in [9.17, 15) is 28.8 Å². The predicted octanol–water partition coefficient (Wildman–Crippen LogP) is -1.93. The molecule has 1 aliphatic heterocycles. The molecule has 0 amide bonds. The first kappa shape index (κ1) is 25.5. The molecule has 5 atom stereocenters. The number of rotatable bonds is 6. The number of carbonyl (C=O) groups excluding carboxylic acids is 4. The quantitative estimate of drug-likeness (QED) is 0.342. The summed E-state index contributed by atoms with van der Waals surface area (Å²) in [7, 11) is 1.23. The number of nitrogens with one attached hydrogen (secondary N) is 1. The van der Waals surface area contributed by atoms with Crippen molar-refractivity contribution in [1.82, 2.24) is 24.5 Å². The van der Waals surface area contributed by atoms with Crippen LogP contribution in [0.4, 0.5) is 0 Å². The van der Waals surface area contributed by atoms with Gasteiger partial charge in [0.25, 0.3) is 5.56 Å². The fourth-order valence-corrected chi connectivity index (χ4v) is 3.57. The third-order valence-corrected chi connectivity index (χ3v) is 4.94. The molecule has 1 saturated heterocycles. The van der Waals surface area contributed by atoms with Gasteiger partial charge >= 0.3 is 29.6 Å². The maximum Gasteiger partial charge on any atom is 0.329 e. The number of ether oxygens (including phenoxy) is 5. The number of aromatic amines is 1. The van der Waals surface area contributed by atoms with Crippen LogP contribution in [0, 0.1) is 0 Å². The Hall–Kier alpha value is -4.08. The molecule has 3 heterocycles. The van der Waals surface area contributed by atoms with Gasteiger partial charge in [0.1, 0.15) is 12.7 Å². The molecule has 0 aliphatic carbocycles. The minimum absolute atomic E-state index is 0.181. The predicted molar refractivity (Wildman–Crippen MR) is 111 cm³/mol. The van der Waals surface area contributed by atoms with Crippen molar-refractivity contribution in [2.24, 2.45) is 7.05 Å². The minimum atomic E-state index is -1.49. The molecule has 0 aromatic carbocycles. The van der Waals surface area contributed by atoms with Crippen LogP contribution in [0.3, 0.4) is 0 Å². The Morgan fingerprint density at radius 2 is 1.49 bits per heavy atom. The molecular weight excluding hydrogens is 474 g/mol. The Balaban J connectivity index is 2.20. The number of nitrogens with zero attached hydrogens (tertiary/aromatic N) is 4. The third-order valence-electron chi connectivity index (χ3n) is 4.94. The number of H-pyrrole nitrogens is 1. The van der Waals surface area contributed by atoms with E-state index in [4.69, 9.17) is 23.7 Å². The van der Waals surface area contributed by atoms with Gasteiger partial charge in [-0.1, -0.05) is 5.21 Å². The number of carbonyl (C=O) groups is 4. The second-order valence-electron chi connectivity index (χ2n) is 7.62. The molecule has 2 aromatic rings. The molecule has 16 nitrogen and oxygen atoms in total. The molecule has 35 heavy (non-hydrogen) atoms. The van der Waals surface area contributed by atoms with Crippen LogP contribution in [-0.4, -0.2) is 79.4 Å². The fourth-order valence-electron chi connectivity index (χ4n) is 3.57. The van der Waals surface area contributed by atoms with E-state index >= 15 is 0 Å². The topological polar surface area (TPSA) is 200 Å². The average molecular weight is 497 g/mol. The first-order chi connectivity index (χ1) is 16.4. The fraction of sp³-hybridized carbons (Fsp3) is 0.579. The molecule has 190 valence electrons. The van der Waals surface area contributed by atoms with Gasteiger partial charge in [-0.05, 0) is 0 Å². The molecule has 2 aromatic heterocycles. The van der Waals surface area contributed by atoms with Crippen molar-refractivity contribution >= 4 is 35.0 Å². The molecular formula is C19H23N5O11. The standard InChI is InChI=1S/C19H23N5O11/c1-7(25)31-6-11-13(32-8(2)26)14(33-9(3)27)15(34-10(4)28)18(35-11)24-16-12(21-22-24)17(29)23(5)19(30)20-16/h11,13-15,18H,6H2,1-5H3,(H,20,30)/t11-,13-,14-,15-,18+/m0/s1. The van der Waals surface area contributed by atoms with Crippen molar-refractivity contribution < 1.29 is 42.9 Å². The zero-order valence-corrected chi connectivity index (χ0v) is 19.4. The Kier molecular flexibility index (Phi) is 7.33. The lowest BCUT2D eigenvalue weighted by Crippen LogP contribution is -2.60. The van der Waals surface area contributed by atoms with Crippen LogP contribution in [0.5, 0.6) is 0 Å². The molecule has 0 saturated carbocycles. The summed E-state index contributed by atoms with van der Waals surface area (Å²) in [6, 6.07) is 0. The van der Waals surface area contributed by atoms with E-state index in [1.165, 1.54) is 7.05 Å². The van der Waals surface area contributed by atoms with Crippen LogP contribution in [0.25, 0.3) is 11.2 Å². The lowest BCUT2D eigenvalue weighted by molar-refractivity contribution is -0.269. The van der Waals surface area contributed by atoms with Crippen LogP contribution in [-0.2, 0) is 49.9 Å². The Bertz CT molecular complexity index is 1280. The maximum atomic E-state index is 12.4. The van der Waals surface area contributed by atoms with Crippen LogP contribution < -0.4 is 11.2 Å². The van der Waals surface area contributed by atoms with Crippen molar-refractivity contribution in [2.45, 2.75) is 58.3 Å². The average Bonchev–Trinajstić information content (AvgIpc) is 3.16. The molecule has 1 N–H and O–H groups in total. The van der Waals surface area contributed by atoms with Crippen molar-refractivity contribution in [3.05, 3.63) is 20.8 Å². The first-order valence-electron chi connectivity index (χ1n) is 10.2. The highest BCUT2D eigenvalue weighted by molar-refractivity contribution is 5.69. The van der Waals surface area contributed by atoms with Gasteiger partial charge in [-0.25, -0.2) is 4.79 Å². The molecule has 0 radical (unpaired) electrons. The molecule has 16 heteroatoms. The van der Waals surface area contributed by atoms with Crippen LogP contribution in [0.1, 0.15) is 33.9 Å². The van der Waals surface area contributed by atoms with Crippen LogP contribution in [0.15, 0.2) is 9.59 Å². The molecule has 0 spiro atoms. The normalized spacial score (nSPS) is 24.0. The van der Waals surface area contributed by atoms with Gasteiger partial charge in [-0.15, -0.1) is 5.10 Å². The van der Waals surface area contributed by atoms with Gasteiger partial charge in [-0.3, -0.25) is 33.5 Å². The van der Waals surface area contributed by atoms with Crippen LogP contribution in [0.2, 0.25) is 0 Å². The molecule has 3 rings (SSSR count). The highest BCUT2D eigenvalue weighted by Gasteiger charge is 2.53. The second kappa shape index (κ2) is 10.0. The molecule has 1 aliphatic rings. The monoisotopic (exact) mass is 497 g/mol. The number of esters is 4. The largest absolute Gasteiger partial charge is 0.463 e. The summed E-state index contributed by atoms with van der Waals surface area (Å²) in [5.74, 6) is -3.11. The number of fused-ring (bicyclic) bond motifs is 1. The van der Waals surface area contributed by atoms with E-state index in [2.05, 4.69) is 15.3 Å². The second-order valence-corrected chi connectivity index (χ2v) is 7.62. The summed E-state index contributed by atoms with van der Waals surface area (Å²) >= 11 is 0. The van der Waals surface area contributed by atoms with E-state index in [0.29, 0.717) is 0 Å². The summed E-state index contributed by atoms with van der Waals surface area (Å²) in [4.78, 5) is 74.2. The lowest BCUT2D eigenvalue weighted by atomic mass is 9.97. The van der Waals surface area contributed by atoms with Gasteiger partial charge in [-0.2, -0.15) is 4.68 Å². The summed E-state index contributed by atoms with van der Waals surface area (Å²) in [6.07, 6.45) is -7.05. The first-order valence-corrected chi connectivity index (χ1v) is 10.2. The molecule has 1 fully saturated rings. The highest BCUT2D eigenvalue weighted by Crippen LogP contribution is 2.35. The highest BCUT2D eigenvalue weighted by atomic mass is 16.7. The summed E-state index contributed by atoms with van der Waals surface area (Å²) in [5.41, 5.74) is -1.98. The Morgan fingerprint density at radius 1 is 0.914 bits per heavy atom. The zero-order chi connectivity index (χ0) is 26.0.